The number of hydrogen-bond donors (Lipinski definition) is 3. The normalized spacial score (nSPS) is 12.4. The van der Waals surface area contributed by atoms with Gasteiger partial charge in [0.2, 0.25) is 5.91 Å². The molecule has 108 valence electrons. The largest absolute Gasteiger partial charge is 0.389 e. The Kier molecular flexibility index (Phi) is 7.57. The van der Waals surface area contributed by atoms with Crippen LogP contribution in [0.4, 0.5) is 0 Å². The number of nitrogens with zero attached hydrogens (tertiary/aromatic N) is 1. The number of thiazole rings is 1. The van der Waals surface area contributed by atoms with Crippen LogP contribution in [0, 0.1) is 6.92 Å². The summed E-state index contributed by atoms with van der Waals surface area (Å²) in [5.74, 6) is -0.103. The van der Waals surface area contributed by atoms with Crippen LogP contribution in [0.1, 0.15) is 10.6 Å². The minimum absolute atomic E-state index is 0.103. The highest BCUT2D eigenvalue weighted by Gasteiger charge is 2.06. The fourth-order valence-corrected chi connectivity index (χ4v) is 2.21. The molecular formula is C12H21N3O3S. The van der Waals surface area contributed by atoms with Crippen molar-refractivity contribution in [2.75, 3.05) is 33.4 Å². The van der Waals surface area contributed by atoms with E-state index in [2.05, 4.69) is 15.6 Å². The molecule has 0 saturated carbocycles. The zero-order valence-electron chi connectivity index (χ0n) is 11.3. The molecule has 0 radical (unpaired) electrons. The number of rotatable bonds is 9. The van der Waals surface area contributed by atoms with Gasteiger partial charge in [0.15, 0.2) is 0 Å². The lowest BCUT2D eigenvalue weighted by Crippen LogP contribution is -2.37. The van der Waals surface area contributed by atoms with Crippen LogP contribution in [0.2, 0.25) is 0 Å². The number of aliphatic hydroxyl groups is 1. The van der Waals surface area contributed by atoms with Crippen molar-refractivity contribution in [3.05, 3.63) is 16.1 Å². The second kappa shape index (κ2) is 8.98. The third-order valence-corrected chi connectivity index (χ3v) is 3.57. The number of aliphatic hydroxyl groups excluding tert-OH is 1. The fourth-order valence-electron chi connectivity index (χ4n) is 1.45. The van der Waals surface area contributed by atoms with Gasteiger partial charge in [0.1, 0.15) is 0 Å². The predicted molar refractivity (Wildman–Crippen MR) is 74.3 cm³/mol. The molecule has 0 aliphatic carbocycles. The maximum atomic E-state index is 10.9. The quantitative estimate of drug-likeness (QED) is 0.544. The number of likely N-dealkylation sites (N-methyl/N-ethyl adjacent to an activating group) is 1. The zero-order chi connectivity index (χ0) is 14.1. The smallest absolute Gasteiger partial charge is 0.233 e. The lowest BCUT2D eigenvalue weighted by molar-refractivity contribution is -0.119. The molecule has 3 N–H and O–H groups in total. The van der Waals surface area contributed by atoms with E-state index in [-0.39, 0.29) is 19.1 Å². The van der Waals surface area contributed by atoms with Gasteiger partial charge in [0.05, 0.1) is 37.1 Å². The first-order valence-electron chi connectivity index (χ1n) is 6.19. The van der Waals surface area contributed by atoms with Crippen molar-refractivity contribution in [1.82, 2.24) is 15.6 Å². The van der Waals surface area contributed by atoms with Crippen molar-refractivity contribution in [3.63, 3.8) is 0 Å². The molecule has 0 saturated heterocycles. The zero-order valence-corrected chi connectivity index (χ0v) is 12.1. The third-order valence-electron chi connectivity index (χ3n) is 2.57. The average molecular weight is 287 g/mol. The van der Waals surface area contributed by atoms with Crippen LogP contribution in [-0.4, -0.2) is 55.5 Å². The molecule has 6 nitrogen and oxygen atoms in total. The Balaban J connectivity index is 2.03. The minimum Gasteiger partial charge on any atom is -0.389 e. The summed E-state index contributed by atoms with van der Waals surface area (Å²) >= 11 is 1.62. The maximum Gasteiger partial charge on any atom is 0.233 e. The Morgan fingerprint density at radius 1 is 1.63 bits per heavy atom. The van der Waals surface area contributed by atoms with E-state index in [1.54, 1.807) is 18.4 Å². The van der Waals surface area contributed by atoms with E-state index < -0.39 is 6.10 Å². The minimum atomic E-state index is -0.604. The molecule has 0 aliphatic heterocycles. The van der Waals surface area contributed by atoms with E-state index in [0.29, 0.717) is 13.2 Å². The molecule has 1 rings (SSSR count). The Morgan fingerprint density at radius 2 is 2.42 bits per heavy atom. The van der Waals surface area contributed by atoms with Gasteiger partial charge < -0.3 is 20.5 Å². The van der Waals surface area contributed by atoms with Gasteiger partial charge >= 0.3 is 0 Å². The summed E-state index contributed by atoms with van der Waals surface area (Å²) in [7, 11) is 1.57. The molecule has 0 aliphatic rings. The number of amides is 1. The molecule has 1 unspecified atom stereocenters. The van der Waals surface area contributed by atoms with Crippen LogP contribution in [0.25, 0.3) is 0 Å². The van der Waals surface area contributed by atoms with E-state index in [1.807, 2.05) is 12.4 Å². The van der Waals surface area contributed by atoms with Crippen LogP contribution in [-0.2, 0) is 16.0 Å². The Labute approximate surface area is 117 Å². The Bertz CT molecular complexity index is 384. The molecule has 7 heteroatoms. The number of ether oxygens (including phenoxy) is 1. The number of aryl methyl sites for hydroxylation is 1. The SMILES string of the molecule is CNC(=O)CNCC(O)COCCc1scnc1C. The van der Waals surface area contributed by atoms with Crippen molar-refractivity contribution in [2.24, 2.45) is 0 Å². The molecule has 0 aromatic carbocycles. The lowest BCUT2D eigenvalue weighted by Gasteiger charge is -2.11. The molecule has 1 heterocycles. The monoisotopic (exact) mass is 287 g/mol. The summed E-state index contributed by atoms with van der Waals surface area (Å²) in [5.41, 5.74) is 2.86. The van der Waals surface area contributed by atoms with Gasteiger partial charge in [-0.25, -0.2) is 4.98 Å². The first-order chi connectivity index (χ1) is 9.13. The van der Waals surface area contributed by atoms with E-state index >= 15 is 0 Å². The van der Waals surface area contributed by atoms with Crippen molar-refractivity contribution >= 4 is 17.2 Å². The number of carbonyl (C=O) groups excluding carboxylic acids is 1. The van der Waals surface area contributed by atoms with Gasteiger partial charge in [0.25, 0.3) is 0 Å². The van der Waals surface area contributed by atoms with E-state index in [9.17, 15) is 9.90 Å². The van der Waals surface area contributed by atoms with Crippen LogP contribution < -0.4 is 10.6 Å². The van der Waals surface area contributed by atoms with Crippen molar-refractivity contribution < 1.29 is 14.6 Å². The predicted octanol–water partition coefficient (Wildman–Crippen LogP) is -0.293. The standard InChI is InChI=1S/C12H21N3O3S/c1-9-11(19-8-15-9)3-4-18-7-10(16)5-14-6-12(17)13-2/h8,10,14,16H,3-7H2,1-2H3,(H,13,17). The third kappa shape index (κ3) is 6.63. The lowest BCUT2D eigenvalue weighted by atomic mass is 10.3. The molecule has 1 atom stereocenters. The molecule has 1 aromatic rings. The summed E-state index contributed by atoms with van der Waals surface area (Å²) in [6.45, 7) is 3.35. The number of aromatic nitrogens is 1. The van der Waals surface area contributed by atoms with Crippen LogP contribution in [0.5, 0.6) is 0 Å². The van der Waals surface area contributed by atoms with Crippen LogP contribution >= 0.6 is 11.3 Å². The highest BCUT2D eigenvalue weighted by molar-refractivity contribution is 7.09. The molecule has 19 heavy (non-hydrogen) atoms. The molecule has 0 bridgehead atoms. The van der Waals surface area contributed by atoms with E-state index in [0.717, 1.165) is 12.1 Å². The Morgan fingerprint density at radius 3 is 3.05 bits per heavy atom. The first-order valence-corrected chi connectivity index (χ1v) is 7.07. The highest BCUT2D eigenvalue weighted by atomic mass is 32.1. The average Bonchev–Trinajstić information content (AvgIpc) is 2.80. The molecule has 0 spiro atoms. The number of carbonyl (C=O) groups is 1. The van der Waals surface area contributed by atoms with Crippen molar-refractivity contribution in [2.45, 2.75) is 19.4 Å². The fraction of sp³-hybridized carbons (Fsp3) is 0.667. The summed E-state index contributed by atoms with van der Waals surface area (Å²) in [6, 6.07) is 0. The van der Waals surface area contributed by atoms with Gasteiger partial charge in [-0.05, 0) is 6.92 Å². The van der Waals surface area contributed by atoms with Gasteiger partial charge in [0, 0.05) is 24.9 Å². The topological polar surface area (TPSA) is 83.5 Å². The first kappa shape index (κ1) is 16.0. The molecular weight excluding hydrogens is 266 g/mol. The summed E-state index contributed by atoms with van der Waals surface area (Å²) in [6.07, 6.45) is 0.210. The highest BCUT2D eigenvalue weighted by Crippen LogP contribution is 2.12. The second-order valence-electron chi connectivity index (χ2n) is 4.14. The van der Waals surface area contributed by atoms with Gasteiger partial charge in [-0.2, -0.15) is 0 Å². The molecule has 0 fully saturated rings. The number of nitrogens with one attached hydrogen (secondary N) is 2. The van der Waals surface area contributed by atoms with E-state index in [4.69, 9.17) is 4.74 Å². The summed E-state index contributed by atoms with van der Waals surface area (Å²) in [4.78, 5) is 16.3. The van der Waals surface area contributed by atoms with Crippen molar-refractivity contribution in [1.29, 1.82) is 0 Å². The van der Waals surface area contributed by atoms with Gasteiger partial charge in [-0.15, -0.1) is 11.3 Å². The number of hydrogen-bond acceptors (Lipinski definition) is 6. The summed E-state index contributed by atoms with van der Waals surface area (Å²) < 4.78 is 5.40. The Hall–Kier alpha value is -1.02. The van der Waals surface area contributed by atoms with E-state index in [1.165, 1.54) is 4.88 Å². The van der Waals surface area contributed by atoms with Crippen molar-refractivity contribution in [3.8, 4) is 0 Å². The van der Waals surface area contributed by atoms with Gasteiger partial charge in [-0.1, -0.05) is 0 Å². The molecule has 1 amide bonds. The van der Waals surface area contributed by atoms with Gasteiger partial charge in [-0.3, -0.25) is 4.79 Å². The summed E-state index contributed by atoms with van der Waals surface area (Å²) in [5, 5.41) is 15.0. The van der Waals surface area contributed by atoms with Crippen LogP contribution in [0.15, 0.2) is 5.51 Å². The maximum absolute atomic E-state index is 10.9. The molecule has 1 aromatic heterocycles. The van der Waals surface area contributed by atoms with Crippen LogP contribution in [0.3, 0.4) is 0 Å². The second-order valence-corrected chi connectivity index (χ2v) is 5.08.